The van der Waals surface area contributed by atoms with E-state index in [9.17, 15) is 4.79 Å². The Hall–Kier alpha value is -1.03. The van der Waals surface area contributed by atoms with Gasteiger partial charge in [-0.2, -0.15) is 0 Å². The number of halogens is 1. The third kappa shape index (κ3) is 5.70. The van der Waals surface area contributed by atoms with Crippen LogP contribution < -0.4 is 10.1 Å². The average molecular weight is 354 g/mol. The maximum atomic E-state index is 11.9. The van der Waals surface area contributed by atoms with Crippen LogP contribution in [0.3, 0.4) is 0 Å². The summed E-state index contributed by atoms with van der Waals surface area (Å²) in [6.07, 6.45) is 6.28. The van der Waals surface area contributed by atoms with Crippen molar-refractivity contribution >= 4 is 21.8 Å². The summed E-state index contributed by atoms with van der Waals surface area (Å²) in [5, 5.41) is 3.08. The molecule has 1 aromatic rings. The average Bonchev–Trinajstić information content (AvgIpc) is 2.51. The molecule has 116 valence electrons. The zero-order valence-corrected chi connectivity index (χ0v) is 14.2. The molecule has 0 radical (unpaired) electrons. The third-order valence-corrected chi connectivity index (χ3v) is 4.94. The van der Waals surface area contributed by atoms with Crippen molar-refractivity contribution in [2.45, 2.75) is 43.4 Å². The van der Waals surface area contributed by atoms with E-state index in [4.69, 9.17) is 4.74 Å². The van der Waals surface area contributed by atoms with Gasteiger partial charge in [0.25, 0.3) is 0 Å². The van der Waals surface area contributed by atoms with E-state index >= 15 is 0 Å². The second-order valence-electron chi connectivity index (χ2n) is 5.78. The van der Waals surface area contributed by atoms with Gasteiger partial charge in [0.15, 0.2) is 0 Å². The minimum Gasteiger partial charge on any atom is -0.497 e. The molecule has 1 saturated carbocycles. The summed E-state index contributed by atoms with van der Waals surface area (Å²) in [4.78, 5) is 12.5. The maximum absolute atomic E-state index is 11.9. The third-order valence-electron chi connectivity index (χ3n) is 4.11. The van der Waals surface area contributed by atoms with E-state index in [1.54, 1.807) is 7.11 Å². The minimum atomic E-state index is 0.155. The van der Waals surface area contributed by atoms with E-state index in [1.807, 2.05) is 24.3 Å². The van der Waals surface area contributed by atoms with Gasteiger partial charge in [0.05, 0.1) is 7.11 Å². The Bertz CT molecular complexity index is 447. The fourth-order valence-corrected chi connectivity index (χ4v) is 3.66. The molecule has 2 atom stereocenters. The molecule has 4 heteroatoms. The van der Waals surface area contributed by atoms with Crippen molar-refractivity contribution in [3.8, 4) is 5.75 Å². The predicted molar refractivity (Wildman–Crippen MR) is 89.0 cm³/mol. The van der Waals surface area contributed by atoms with Crippen LogP contribution in [0.5, 0.6) is 5.75 Å². The summed E-state index contributed by atoms with van der Waals surface area (Å²) >= 11 is 3.69. The highest BCUT2D eigenvalue weighted by atomic mass is 79.9. The quantitative estimate of drug-likeness (QED) is 0.791. The molecule has 1 N–H and O–H groups in total. The lowest BCUT2D eigenvalue weighted by Crippen LogP contribution is -2.32. The lowest BCUT2D eigenvalue weighted by atomic mass is 9.89. The van der Waals surface area contributed by atoms with Crippen molar-refractivity contribution in [1.82, 2.24) is 5.32 Å². The first-order valence-electron chi connectivity index (χ1n) is 7.71. The maximum Gasteiger partial charge on any atom is 0.220 e. The summed E-state index contributed by atoms with van der Waals surface area (Å²) in [6.45, 7) is 0.823. The number of benzene rings is 1. The second-order valence-corrected chi connectivity index (χ2v) is 7.08. The number of aryl methyl sites for hydroxylation is 1. The first-order chi connectivity index (χ1) is 10.2. The molecule has 0 heterocycles. The van der Waals surface area contributed by atoms with E-state index in [-0.39, 0.29) is 5.91 Å². The van der Waals surface area contributed by atoms with Gasteiger partial charge in [0.1, 0.15) is 5.75 Å². The van der Waals surface area contributed by atoms with Gasteiger partial charge in [-0.15, -0.1) is 0 Å². The van der Waals surface area contributed by atoms with Crippen molar-refractivity contribution in [3.05, 3.63) is 29.8 Å². The van der Waals surface area contributed by atoms with Crippen LogP contribution in [-0.2, 0) is 11.2 Å². The van der Waals surface area contributed by atoms with Crippen molar-refractivity contribution in [2.75, 3.05) is 13.7 Å². The summed E-state index contributed by atoms with van der Waals surface area (Å²) in [7, 11) is 1.66. The number of amides is 1. The standard InChI is InChI=1S/C17H24BrNO2/c1-21-16-8-5-13(6-9-16)7-10-17(20)19-12-14-3-2-4-15(18)11-14/h5-6,8-9,14-15H,2-4,7,10-12H2,1H3,(H,19,20). The van der Waals surface area contributed by atoms with E-state index in [2.05, 4.69) is 21.2 Å². The van der Waals surface area contributed by atoms with Crippen LogP contribution in [0.4, 0.5) is 0 Å². The number of hydrogen-bond donors (Lipinski definition) is 1. The van der Waals surface area contributed by atoms with Crippen LogP contribution in [0, 0.1) is 5.92 Å². The monoisotopic (exact) mass is 353 g/mol. The van der Waals surface area contributed by atoms with Crippen molar-refractivity contribution in [2.24, 2.45) is 5.92 Å². The number of rotatable bonds is 6. The molecule has 0 saturated heterocycles. The number of hydrogen-bond acceptors (Lipinski definition) is 2. The van der Waals surface area contributed by atoms with Crippen LogP contribution in [-0.4, -0.2) is 24.4 Å². The topological polar surface area (TPSA) is 38.3 Å². The van der Waals surface area contributed by atoms with E-state index in [0.29, 0.717) is 17.2 Å². The zero-order valence-electron chi connectivity index (χ0n) is 12.6. The summed E-state index contributed by atoms with van der Waals surface area (Å²) in [6, 6.07) is 7.90. The van der Waals surface area contributed by atoms with Gasteiger partial charge in [-0.05, 0) is 49.3 Å². The van der Waals surface area contributed by atoms with E-state index in [0.717, 1.165) is 18.7 Å². The van der Waals surface area contributed by atoms with Crippen LogP contribution in [0.15, 0.2) is 24.3 Å². The van der Waals surface area contributed by atoms with Crippen LogP contribution in [0.1, 0.15) is 37.7 Å². The number of carbonyl (C=O) groups is 1. The van der Waals surface area contributed by atoms with Gasteiger partial charge in [-0.3, -0.25) is 4.79 Å². The minimum absolute atomic E-state index is 0.155. The molecule has 1 aliphatic carbocycles. The Labute approximate surface area is 135 Å². The Kier molecular flexibility index (Phi) is 6.55. The van der Waals surface area contributed by atoms with Gasteiger partial charge in [0, 0.05) is 17.8 Å². The van der Waals surface area contributed by atoms with Crippen molar-refractivity contribution in [1.29, 1.82) is 0 Å². The Morgan fingerprint density at radius 3 is 2.76 bits per heavy atom. The van der Waals surface area contributed by atoms with Crippen molar-refractivity contribution < 1.29 is 9.53 Å². The first-order valence-corrected chi connectivity index (χ1v) is 8.62. The largest absolute Gasteiger partial charge is 0.497 e. The summed E-state index contributed by atoms with van der Waals surface area (Å²) in [5.74, 6) is 1.64. The Balaban J connectivity index is 1.67. The highest BCUT2D eigenvalue weighted by molar-refractivity contribution is 9.09. The molecule has 0 aromatic heterocycles. The number of carbonyl (C=O) groups excluding carboxylic acids is 1. The molecule has 21 heavy (non-hydrogen) atoms. The van der Waals surface area contributed by atoms with E-state index < -0.39 is 0 Å². The lowest BCUT2D eigenvalue weighted by molar-refractivity contribution is -0.121. The smallest absolute Gasteiger partial charge is 0.220 e. The predicted octanol–water partition coefficient (Wildman–Crippen LogP) is 3.70. The van der Waals surface area contributed by atoms with Gasteiger partial charge >= 0.3 is 0 Å². The van der Waals surface area contributed by atoms with Gasteiger partial charge in [-0.1, -0.05) is 34.5 Å². The molecular weight excluding hydrogens is 330 g/mol. The highest BCUT2D eigenvalue weighted by Gasteiger charge is 2.20. The number of ether oxygens (including phenoxy) is 1. The van der Waals surface area contributed by atoms with Gasteiger partial charge < -0.3 is 10.1 Å². The second kappa shape index (κ2) is 8.42. The SMILES string of the molecule is COc1ccc(CCC(=O)NCC2CCCC(Br)C2)cc1. The van der Waals surface area contributed by atoms with Gasteiger partial charge in [0.2, 0.25) is 5.91 Å². The number of methoxy groups -OCH3 is 1. The van der Waals surface area contributed by atoms with Crippen LogP contribution in [0.2, 0.25) is 0 Å². The molecular formula is C17H24BrNO2. The molecule has 1 amide bonds. The van der Waals surface area contributed by atoms with Crippen LogP contribution >= 0.6 is 15.9 Å². The molecule has 0 spiro atoms. The van der Waals surface area contributed by atoms with Crippen LogP contribution in [0.25, 0.3) is 0 Å². The Morgan fingerprint density at radius 2 is 2.10 bits per heavy atom. The first kappa shape index (κ1) is 16.3. The fraction of sp³-hybridized carbons (Fsp3) is 0.588. The molecule has 1 aromatic carbocycles. The number of nitrogens with one attached hydrogen (secondary N) is 1. The molecule has 3 nitrogen and oxygen atoms in total. The lowest BCUT2D eigenvalue weighted by Gasteiger charge is -2.25. The number of alkyl halides is 1. The molecule has 0 aliphatic heterocycles. The summed E-state index contributed by atoms with van der Waals surface area (Å²) < 4.78 is 5.13. The fourth-order valence-electron chi connectivity index (χ4n) is 2.81. The zero-order chi connectivity index (χ0) is 15.1. The molecule has 1 aliphatic rings. The summed E-state index contributed by atoms with van der Waals surface area (Å²) in [5.41, 5.74) is 1.17. The molecule has 2 rings (SSSR count). The molecule has 1 fully saturated rings. The molecule has 0 bridgehead atoms. The van der Waals surface area contributed by atoms with Gasteiger partial charge in [-0.25, -0.2) is 0 Å². The Morgan fingerprint density at radius 1 is 1.33 bits per heavy atom. The van der Waals surface area contributed by atoms with Crippen molar-refractivity contribution in [3.63, 3.8) is 0 Å². The normalized spacial score (nSPS) is 21.8. The van der Waals surface area contributed by atoms with E-state index in [1.165, 1.54) is 31.2 Å². The highest BCUT2D eigenvalue weighted by Crippen LogP contribution is 2.28. The molecule has 2 unspecified atom stereocenters.